The van der Waals surface area contributed by atoms with Crippen LogP contribution in [0.4, 0.5) is 10.8 Å². The summed E-state index contributed by atoms with van der Waals surface area (Å²) >= 11 is 6.73. The Labute approximate surface area is 136 Å². The summed E-state index contributed by atoms with van der Waals surface area (Å²) < 4.78 is 26.7. The molecular formula is C12H13ClN4O3S2. The molecule has 1 heterocycles. The van der Waals surface area contributed by atoms with Gasteiger partial charge in [0.2, 0.25) is 11.0 Å². The Morgan fingerprint density at radius 3 is 2.77 bits per heavy atom. The van der Waals surface area contributed by atoms with Crippen LogP contribution in [0.1, 0.15) is 18.9 Å². The second kappa shape index (κ2) is 6.59. The molecule has 0 radical (unpaired) electrons. The fourth-order valence-corrected chi connectivity index (χ4v) is 3.70. The number of anilines is 2. The fourth-order valence-electron chi connectivity index (χ4n) is 1.48. The number of sulfonamides is 1. The van der Waals surface area contributed by atoms with Crippen LogP contribution in [0.3, 0.4) is 0 Å². The van der Waals surface area contributed by atoms with E-state index in [0.29, 0.717) is 16.3 Å². The lowest BCUT2D eigenvalue weighted by molar-refractivity contribution is -0.115. The van der Waals surface area contributed by atoms with Crippen LogP contribution in [0.2, 0.25) is 5.02 Å². The van der Waals surface area contributed by atoms with E-state index in [4.69, 9.17) is 11.6 Å². The zero-order valence-electron chi connectivity index (χ0n) is 11.8. The molecule has 2 aromatic rings. The zero-order chi connectivity index (χ0) is 16.3. The van der Waals surface area contributed by atoms with Crippen molar-refractivity contribution in [3.05, 3.63) is 28.8 Å². The van der Waals surface area contributed by atoms with Gasteiger partial charge in [-0.1, -0.05) is 35.9 Å². The topological polar surface area (TPSA) is 101 Å². The van der Waals surface area contributed by atoms with Gasteiger partial charge < -0.3 is 5.32 Å². The maximum absolute atomic E-state index is 12.3. The standard InChI is InChI=1S/C12H13ClN4O3S2/c1-3-10(18)14-11-15-16-12(21-11)22(19,20)17-9-6-4-5-8(13)7(9)2/h4-6,17H,3H2,1-2H3,(H,14,15,18). The molecule has 0 atom stereocenters. The molecule has 0 aliphatic carbocycles. The summed E-state index contributed by atoms with van der Waals surface area (Å²) in [5.74, 6) is -0.265. The van der Waals surface area contributed by atoms with Crippen molar-refractivity contribution in [2.75, 3.05) is 10.0 Å². The van der Waals surface area contributed by atoms with Gasteiger partial charge in [-0.25, -0.2) is 0 Å². The smallest absolute Gasteiger partial charge is 0.291 e. The summed E-state index contributed by atoms with van der Waals surface area (Å²) in [7, 11) is -3.89. The van der Waals surface area contributed by atoms with Crippen molar-refractivity contribution >= 4 is 49.7 Å². The first kappa shape index (κ1) is 16.7. The van der Waals surface area contributed by atoms with Gasteiger partial charge in [0.05, 0.1) is 5.69 Å². The molecule has 0 fully saturated rings. The number of carbonyl (C=O) groups is 1. The van der Waals surface area contributed by atoms with Crippen LogP contribution in [-0.2, 0) is 14.8 Å². The van der Waals surface area contributed by atoms with Gasteiger partial charge in [-0.15, -0.1) is 10.2 Å². The Kier molecular flexibility index (Phi) is 4.99. The third-order valence-electron chi connectivity index (χ3n) is 2.72. The quantitative estimate of drug-likeness (QED) is 0.798. The number of amides is 1. The first-order chi connectivity index (χ1) is 10.3. The molecule has 1 aromatic carbocycles. The van der Waals surface area contributed by atoms with Gasteiger partial charge >= 0.3 is 0 Å². The second-order valence-corrected chi connectivity index (χ2v) is 7.53. The predicted octanol–water partition coefficient (Wildman–Crippen LogP) is 2.65. The maximum Gasteiger partial charge on any atom is 0.291 e. The van der Waals surface area contributed by atoms with Crippen LogP contribution in [-0.4, -0.2) is 24.5 Å². The van der Waals surface area contributed by atoms with Crippen LogP contribution in [0, 0.1) is 6.92 Å². The van der Waals surface area contributed by atoms with Crippen LogP contribution >= 0.6 is 22.9 Å². The largest absolute Gasteiger partial charge is 0.301 e. The van der Waals surface area contributed by atoms with Gasteiger partial charge in [0.15, 0.2) is 0 Å². The van der Waals surface area contributed by atoms with E-state index in [-0.39, 0.29) is 21.8 Å². The molecule has 0 saturated heterocycles. The van der Waals surface area contributed by atoms with Crippen LogP contribution in [0.5, 0.6) is 0 Å². The molecule has 2 N–H and O–H groups in total. The van der Waals surface area contributed by atoms with Gasteiger partial charge in [-0.2, -0.15) is 8.42 Å². The Hall–Kier alpha value is -1.71. The first-order valence-corrected chi connectivity index (χ1v) is 8.92. The van der Waals surface area contributed by atoms with Gasteiger partial charge in [-0.05, 0) is 24.6 Å². The monoisotopic (exact) mass is 360 g/mol. The fraction of sp³-hybridized carbons (Fsp3) is 0.250. The molecule has 0 saturated carbocycles. The third-order valence-corrected chi connectivity index (χ3v) is 5.70. The number of benzene rings is 1. The molecule has 0 spiro atoms. The summed E-state index contributed by atoms with van der Waals surface area (Å²) in [6.07, 6.45) is 0.265. The molecule has 0 aliphatic rings. The molecule has 0 aliphatic heterocycles. The zero-order valence-corrected chi connectivity index (χ0v) is 14.1. The highest BCUT2D eigenvalue weighted by molar-refractivity contribution is 7.94. The van der Waals surface area contributed by atoms with E-state index in [2.05, 4.69) is 20.2 Å². The molecule has 118 valence electrons. The molecule has 2 rings (SSSR count). The van der Waals surface area contributed by atoms with Crippen molar-refractivity contribution in [2.45, 2.75) is 24.6 Å². The van der Waals surface area contributed by atoms with Gasteiger partial charge in [0.1, 0.15) is 0 Å². The number of hydrogen-bond donors (Lipinski definition) is 2. The van der Waals surface area contributed by atoms with Gasteiger partial charge in [-0.3, -0.25) is 9.52 Å². The lowest BCUT2D eigenvalue weighted by Crippen LogP contribution is -2.13. The summed E-state index contributed by atoms with van der Waals surface area (Å²) in [6, 6.07) is 4.90. The maximum atomic E-state index is 12.3. The first-order valence-electron chi connectivity index (χ1n) is 6.24. The van der Waals surface area contributed by atoms with E-state index in [0.717, 1.165) is 11.3 Å². The number of aromatic nitrogens is 2. The van der Waals surface area contributed by atoms with Crippen molar-refractivity contribution in [3.8, 4) is 0 Å². The van der Waals surface area contributed by atoms with Crippen molar-refractivity contribution in [3.63, 3.8) is 0 Å². The molecule has 0 bridgehead atoms. The molecule has 1 aromatic heterocycles. The molecule has 7 nitrogen and oxygen atoms in total. The van der Waals surface area contributed by atoms with Crippen molar-refractivity contribution < 1.29 is 13.2 Å². The van der Waals surface area contributed by atoms with Crippen molar-refractivity contribution in [1.82, 2.24) is 10.2 Å². The lowest BCUT2D eigenvalue weighted by Gasteiger charge is -2.09. The number of halogens is 1. The Morgan fingerprint density at radius 1 is 1.36 bits per heavy atom. The van der Waals surface area contributed by atoms with E-state index < -0.39 is 10.0 Å². The SMILES string of the molecule is CCC(=O)Nc1nnc(S(=O)(=O)Nc2cccc(Cl)c2C)s1. The molecule has 0 unspecified atom stereocenters. The van der Waals surface area contributed by atoms with Crippen molar-refractivity contribution in [1.29, 1.82) is 0 Å². The normalized spacial score (nSPS) is 11.2. The number of rotatable bonds is 5. The van der Waals surface area contributed by atoms with Crippen LogP contribution in [0.15, 0.2) is 22.5 Å². The highest BCUT2D eigenvalue weighted by Crippen LogP contribution is 2.27. The minimum atomic E-state index is -3.89. The summed E-state index contributed by atoms with van der Waals surface area (Å²) in [6.45, 7) is 3.38. The van der Waals surface area contributed by atoms with Crippen molar-refractivity contribution in [2.24, 2.45) is 0 Å². The van der Waals surface area contributed by atoms with Crippen LogP contribution < -0.4 is 10.0 Å². The molecule has 22 heavy (non-hydrogen) atoms. The molecular weight excluding hydrogens is 348 g/mol. The van der Waals surface area contributed by atoms with E-state index in [1.165, 1.54) is 0 Å². The number of nitrogens with one attached hydrogen (secondary N) is 2. The number of carbonyl (C=O) groups excluding carboxylic acids is 1. The van der Waals surface area contributed by atoms with Gasteiger partial charge in [0.25, 0.3) is 14.4 Å². The van der Waals surface area contributed by atoms with E-state index in [1.54, 1.807) is 32.0 Å². The summed E-state index contributed by atoms with van der Waals surface area (Å²) in [4.78, 5) is 11.3. The lowest BCUT2D eigenvalue weighted by atomic mass is 10.2. The predicted molar refractivity (Wildman–Crippen MR) is 85.8 cm³/mol. The minimum Gasteiger partial charge on any atom is -0.301 e. The van der Waals surface area contributed by atoms with E-state index in [9.17, 15) is 13.2 Å². The molecule has 1 amide bonds. The Bertz CT molecular complexity index is 804. The van der Waals surface area contributed by atoms with Gasteiger partial charge in [0, 0.05) is 11.4 Å². The number of hydrogen-bond acceptors (Lipinski definition) is 6. The Balaban J connectivity index is 2.24. The third kappa shape index (κ3) is 3.73. The highest BCUT2D eigenvalue weighted by Gasteiger charge is 2.22. The minimum absolute atomic E-state index is 0.134. The molecule has 10 heteroatoms. The highest BCUT2D eigenvalue weighted by atomic mass is 35.5. The van der Waals surface area contributed by atoms with Crippen LogP contribution in [0.25, 0.3) is 0 Å². The summed E-state index contributed by atoms with van der Waals surface area (Å²) in [5.41, 5.74) is 0.971. The average molecular weight is 361 g/mol. The van der Waals surface area contributed by atoms with E-state index >= 15 is 0 Å². The van der Waals surface area contributed by atoms with E-state index in [1.807, 2.05) is 0 Å². The Morgan fingerprint density at radius 2 is 2.09 bits per heavy atom. The second-order valence-electron chi connectivity index (χ2n) is 4.29. The number of nitrogens with zero attached hydrogens (tertiary/aromatic N) is 2. The average Bonchev–Trinajstić information content (AvgIpc) is 2.93. The summed E-state index contributed by atoms with van der Waals surface area (Å²) in [5, 5.41) is 10.3.